The van der Waals surface area contributed by atoms with Gasteiger partial charge in [-0.25, -0.2) is 0 Å². The first kappa shape index (κ1) is 16.6. The van der Waals surface area contributed by atoms with Crippen LogP contribution in [-0.4, -0.2) is 12.5 Å². The molecule has 0 radical (unpaired) electrons. The SMILES string of the molecule is CC[C@H](C)c1ccccc1OCC(=O)Nc1cccc(C#N)c1. The largest absolute Gasteiger partial charge is 0.483 e. The summed E-state index contributed by atoms with van der Waals surface area (Å²) in [4.78, 5) is 12.0. The van der Waals surface area contributed by atoms with E-state index < -0.39 is 0 Å². The van der Waals surface area contributed by atoms with Crippen molar-refractivity contribution in [2.45, 2.75) is 26.2 Å². The van der Waals surface area contributed by atoms with Crippen LogP contribution < -0.4 is 10.1 Å². The number of nitrogens with zero attached hydrogens (tertiary/aromatic N) is 1. The minimum atomic E-state index is -0.251. The third-order valence-corrected chi connectivity index (χ3v) is 3.70. The summed E-state index contributed by atoms with van der Waals surface area (Å²) in [5.41, 5.74) is 2.20. The Balaban J connectivity index is 1.98. The number of carbonyl (C=O) groups excluding carboxylic acids is 1. The van der Waals surface area contributed by atoms with E-state index in [1.165, 1.54) is 0 Å². The molecule has 23 heavy (non-hydrogen) atoms. The van der Waals surface area contributed by atoms with Gasteiger partial charge < -0.3 is 10.1 Å². The molecule has 4 heteroatoms. The molecule has 0 aliphatic carbocycles. The molecule has 1 N–H and O–H groups in total. The fraction of sp³-hybridized carbons (Fsp3) is 0.263. The third kappa shape index (κ3) is 4.58. The zero-order valence-electron chi connectivity index (χ0n) is 13.4. The summed E-state index contributed by atoms with van der Waals surface area (Å²) in [6.45, 7) is 4.19. The molecule has 4 nitrogen and oxygen atoms in total. The zero-order valence-corrected chi connectivity index (χ0v) is 13.4. The lowest BCUT2D eigenvalue weighted by Gasteiger charge is -2.15. The van der Waals surface area contributed by atoms with Gasteiger partial charge in [0.2, 0.25) is 0 Å². The van der Waals surface area contributed by atoms with Crippen molar-refractivity contribution in [1.82, 2.24) is 0 Å². The first-order chi connectivity index (χ1) is 11.1. The summed E-state index contributed by atoms with van der Waals surface area (Å²) in [5, 5.41) is 11.6. The van der Waals surface area contributed by atoms with Gasteiger partial charge in [0, 0.05) is 5.69 Å². The second kappa shape index (κ2) is 8.00. The number of anilines is 1. The van der Waals surface area contributed by atoms with Crippen molar-refractivity contribution in [3.8, 4) is 11.8 Å². The van der Waals surface area contributed by atoms with E-state index in [0.29, 0.717) is 17.2 Å². The van der Waals surface area contributed by atoms with E-state index in [1.807, 2.05) is 30.3 Å². The van der Waals surface area contributed by atoms with Crippen molar-refractivity contribution in [1.29, 1.82) is 5.26 Å². The molecule has 118 valence electrons. The van der Waals surface area contributed by atoms with Crippen LogP contribution in [0.4, 0.5) is 5.69 Å². The van der Waals surface area contributed by atoms with Crippen LogP contribution in [0.2, 0.25) is 0 Å². The third-order valence-electron chi connectivity index (χ3n) is 3.70. The summed E-state index contributed by atoms with van der Waals surface area (Å²) in [6, 6.07) is 16.6. The van der Waals surface area contributed by atoms with Gasteiger partial charge in [0.05, 0.1) is 11.6 Å². The van der Waals surface area contributed by atoms with Crippen molar-refractivity contribution in [3.05, 3.63) is 59.7 Å². The Morgan fingerprint density at radius 2 is 2.04 bits per heavy atom. The monoisotopic (exact) mass is 308 g/mol. The summed E-state index contributed by atoms with van der Waals surface area (Å²) >= 11 is 0. The van der Waals surface area contributed by atoms with E-state index in [9.17, 15) is 4.79 Å². The normalized spacial score (nSPS) is 11.3. The van der Waals surface area contributed by atoms with Crippen molar-refractivity contribution in [3.63, 3.8) is 0 Å². The predicted molar refractivity (Wildman–Crippen MR) is 90.4 cm³/mol. The number of nitriles is 1. The molecule has 0 saturated heterocycles. The number of para-hydroxylation sites is 1. The highest BCUT2D eigenvalue weighted by Gasteiger charge is 2.11. The second-order valence-electron chi connectivity index (χ2n) is 5.38. The molecule has 0 bridgehead atoms. The molecule has 0 fully saturated rings. The zero-order chi connectivity index (χ0) is 16.7. The molecule has 1 atom stereocenters. The molecule has 0 aromatic heterocycles. The van der Waals surface area contributed by atoms with Crippen LogP contribution in [0.25, 0.3) is 0 Å². The summed E-state index contributed by atoms with van der Waals surface area (Å²) in [5.74, 6) is 0.864. The quantitative estimate of drug-likeness (QED) is 0.874. The van der Waals surface area contributed by atoms with Crippen LogP contribution in [-0.2, 0) is 4.79 Å². The fourth-order valence-corrected chi connectivity index (χ4v) is 2.25. The van der Waals surface area contributed by atoms with Crippen LogP contribution in [0.15, 0.2) is 48.5 Å². The number of carbonyl (C=O) groups is 1. The van der Waals surface area contributed by atoms with Crippen LogP contribution in [0, 0.1) is 11.3 Å². The average molecular weight is 308 g/mol. The van der Waals surface area contributed by atoms with Gasteiger partial charge in [0.15, 0.2) is 6.61 Å². The van der Waals surface area contributed by atoms with Gasteiger partial charge in [-0.15, -0.1) is 0 Å². The van der Waals surface area contributed by atoms with Gasteiger partial charge in [0.25, 0.3) is 5.91 Å². The Morgan fingerprint density at radius 3 is 2.78 bits per heavy atom. The number of hydrogen-bond donors (Lipinski definition) is 1. The molecule has 0 saturated carbocycles. The van der Waals surface area contributed by atoms with Gasteiger partial charge in [0.1, 0.15) is 5.75 Å². The molecule has 2 rings (SSSR count). The Labute approximate surface area is 136 Å². The average Bonchev–Trinajstić information content (AvgIpc) is 2.59. The van der Waals surface area contributed by atoms with Crippen molar-refractivity contribution in [2.24, 2.45) is 0 Å². The van der Waals surface area contributed by atoms with E-state index in [-0.39, 0.29) is 12.5 Å². The number of hydrogen-bond acceptors (Lipinski definition) is 3. The highest BCUT2D eigenvalue weighted by atomic mass is 16.5. The topological polar surface area (TPSA) is 62.1 Å². The number of rotatable bonds is 6. The van der Waals surface area contributed by atoms with Crippen molar-refractivity contribution >= 4 is 11.6 Å². The summed E-state index contributed by atoms with van der Waals surface area (Å²) in [7, 11) is 0. The first-order valence-electron chi connectivity index (χ1n) is 7.65. The van der Waals surface area contributed by atoms with Crippen molar-refractivity contribution in [2.75, 3.05) is 11.9 Å². The van der Waals surface area contributed by atoms with Gasteiger partial charge in [-0.2, -0.15) is 5.26 Å². The first-order valence-corrected chi connectivity index (χ1v) is 7.65. The Kier molecular flexibility index (Phi) is 5.76. The number of nitrogens with one attached hydrogen (secondary N) is 1. The molecule has 0 unspecified atom stereocenters. The Bertz CT molecular complexity index is 719. The molecule has 0 aliphatic heterocycles. The number of ether oxygens (including phenoxy) is 1. The Morgan fingerprint density at radius 1 is 1.26 bits per heavy atom. The minimum Gasteiger partial charge on any atom is -0.483 e. The standard InChI is InChI=1S/C19H20N2O2/c1-3-14(2)17-9-4-5-10-18(17)23-13-19(22)21-16-8-6-7-15(11-16)12-20/h4-11,14H,3,13H2,1-2H3,(H,21,22)/t14-/m0/s1. The lowest BCUT2D eigenvalue weighted by atomic mass is 9.98. The lowest BCUT2D eigenvalue weighted by molar-refractivity contribution is -0.118. The smallest absolute Gasteiger partial charge is 0.262 e. The van der Waals surface area contributed by atoms with E-state index >= 15 is 0 Å². The fourth-order valence-electron chi connectivity index (χ4n) is 2.25. The van der Waals surface area contributed by atoms with Crippen LogP contribution in [0.1, 0.15) is 37.3 Å². The van der Waals surface area contributed by atoms with Gasteiger partial charge in [-0.1, -0.05) is 38.1 Å². The minimum absolute atomic E-state index is 0.0652. The predicted octanol–water partition coefficient (Wildman–Crippen LogP) is 4.09. The molecule has 1 amide bonds. The van der Waals surface area contributed by atoms with E-state index in [1.54, 1.807) is 24.3 Å². The maximum absolute atomic E-state index is 12.0. The van der Waals surface area contributed by atoms with Crippen LogP contribution in [0.5, 0.6) is 5.75 Å². The Hall–Kier alpha value is -2.80. The van der Waals surface area contributed by atoms with Crippen LogP contribution in [0.3, 0.4) is 0 Å². The molecular weight excluding hydrogens is 288 g/mol. The maximum atomic E-state index is 12.0. The van der Waals surface area contributed by atoms with E-state index in [0.717, 1.165) is 17.7 Å². The molecular formula is C19H20N2O2. The van der Waals surface area contributed by atoms with Gasteiger partial charge in [-0.3, -0.25) is 4.79 Å². The highest BCUT2D eigenvalue weighted by Crippen LogP contribution is 2.28. The second-order valence-corrected chi connectivity index (χ2v) is 5.38. The molecule has 2 aromatic carbocycles. The van der Waals surface area contributed by atoms with E-state index in [2.05, 4.69) is 19.2 Å². The lowest BCUT2D eigenvalue weighted by Crippen LogP contribution is -2.20. The molecule has 0 heterocycles. The maximum Gasteiger partial charge on any atom is 0.262 e. The van der Waals surface area contributed by atoms with Crippen LogP contribution >= 0.6 is 0 Å². The molecule has 0 spiro atoms. The molecule has 0 aliphatic rings. The highest BCUT2D eigenvalue weighted by molar-refractivity contribution is 5.92. The van der Waals surface area contributed by atoms with Gasteiger partial charge >= 0.3 is 0 Å². The summed E-state index contributed by atoms with van der Waals surface area (Å²) in [6.07, 6.45) is 1.01. The van der Waals surface area contributed by atoms with E-state index in [4.69, 9.17) is 10.00 Å². The van der Waals surface area contributed by atoms with Crippen molar-refractivity contribution < 1.29 is 9.53 Å². The van der Waals surface area contributed by atoms with Gasteiger partial charge in [-0.05, 0) is 42.2 Å². The molecule has 2 aromatic rings. The number of amides is 1. The number of benzene rings is 2. The summed E-state index contributed by atoms with van der Waals surface area (Å²) < 4.78 is 5.67.